The molecule has 0 bridgehead atoms. The first-order valence-corrected chi connectivity index (χ1v) is 14.0. The van der Waals surface area contributed by atoms with Crippen molar-refractivity contribution in [1.82, 2.24) is 19.6 Å². The predicted octanol–water partition coefficient (Wildman–Crippen LogP) is 1.53. The Morgan fingerprint density at radius 1 is 1.21 bits per heavy atom. The van der Waals surface area contributed by atoms with Crippen molar-refractivity contribution in [2.75, 3.05) is 57.2 Å². The molecule has 33 heavy (non-hydrogen) atoms. The quantitative estimate of drug-likeness (QED) is 0.569. The number of hydrogen-bond donors (Lipinski definition) is 1. The van der Waals surface area contributed by atoms with E-state index in [0.717, 1.165) is 34.7 Å². The van der Waals surface area contributed by atoms with Gasteiger partial charge in [-0.2, -0.15) is 0 Å². The van der Waals surface area contributed by atoms with Crippen molar-refractivity contribution < 1.29 is 22.7 Å². The van der Waals surface area contributed by atoms with Crippen LogP contribution in [0.4, 0.5) is 5.82 Å². The number of rotatable bonds is 7. The molecule has 10 nitrogen and oxygen atoms in total. The number of anilines is 1. The van der Waals surface area contributed by atoms with Gasteiger partial charge in [0.25, 0.3) is 0 Å². The molecule has 2 aromatic heterocycles. The fourth-order valence-electron chi connectivity index (χ4n) is 4.32. The van der Waals surface area contributed by atoms with Crippen LogP contribution in [0, 0.1) is 6.92 Å². The molecular weight excluding hydrogens is 466 g/mol. The van der Waals surface area contributed by atoms with Gasteiger partial charge in [-0.15, -0.1) is 11.3 Å². The molecule has 4 rings (SSSR count). The van der Waals surface area contributed by atoms with Gasteiger partial charge in [-0.3, -0.25) is 4.90 Å². The van der Waals surface area contributed by atoms with Crippen LogP contribution in [0.3, 0.4) is 0 Å². The van der Waals surface area contributed by atoms with Crippen LogP contribution in [0.2, 0.25) is 0 Å². The largest absolute Gasteiger partial charge is 0.462 e. The molecule has 0 aliphatic carbocycles. The molecule has 0 unspecified atom stereocenters. The van der Waals surface area contributed by atoms with Gasteiger partial charge in [0.15, 0.2) is 0 Å². The van der Waals surface area contributed by atoms with Gasteiger partial charge in [-0.25, -0.2) is 27.9 Å². The van der Waals surface area contributed by atoms with Crippen LogP contribution in [-0.4, -0.2) is 87.6 Å². The van der Waals surface area contributed by atoms with Gasteiger partial charge in [-0.1, -0.05) is 0 Å². The number of carbonyl (C=O) groups excluding carboxylic acids is 1. The lowest BCUT2D eigenvalue weighted by molar-refractivity contribution is 0.0331. The summed E-state index contributed by atoms with van der Waals surface area (Å²) in [6, 6.07) is -0.0833. The number of sulfonamides is 1. The van der Waals surface area contributed by atoms with Gasteiger partial charge in [0.2, 0.25) is 10.0 Å². The number of carbonyl (C=O) groups is 1. The molecule has 2 fully saturated rings. The summed E-state index contributed by atoms with van der Waals surface area (Å²) in [5.41, 5.74) is 0.831. The molecule has 12 heteroatoms. The van der Waals surface area contributed by atoms with E-state index in [1.54, 1.807) is 6.92 Å². The van der Waals surface area contributed by atoms with Crippen LogP contribution in [-0.2, 0) is 26.0 Å². The van der Waals surface area contributed by atoms with Crippen molar-refractivity contribution in [1.29, 1.82) is 0 Å². The second-order valence-electron chi connectivity index (χ2n) is 8.46. The second-order valence-corrected chi connectivity index (χ2v) is 11.2. The first-order valence-electron chi connectivity index (χ1n) is 11.2. The third kappa shape index (κ3) is 5.80. The fourth-order valence-corrected chi connectivity index (χ4v) is 6.25. The fraction of sp³-hybridized carbons (Fsp3) is 0.667. The summed E-state index contributed by atoms with van der Waals surface area (Å²) in [6.07, 6.45) is 2.56. The third-order valence-electron chi connectivity index (χ3n) is 5.92. The summed E-state index contributed by atoms with van der Waals surface area (Å²) in [5.74, 6) is 1.19. The third-order valence-corrected chi connectivity index (χ3v) is 7.85. The van der Waals surface area contributed by atoms with E-state index in [1.807, 2.05) is 6.92 Å². The van der Waals surface area contributed by atoms with Gasteiger partial charge in [0.05, 0.1) is 38.0 Å². The number of morpholine rings is 1. The van der Waals surface area contributed by atoms with Gasteiger partial charge in [0.1, 0.15) is 21.3 Å². The number of thiophene rings is 1. The van der Waals surface area contributed by atoms with E-state index in [1.165, 1.54) is 17.6 Å². The zero-order valence-corrected chi connectivity index (χ0v) is 20.9. The lowest BCUT2D eigenvalue weighted by Gasteiger charge is -2.33. The molecule has 4 heterocycles. The minimum Gasteiger partial charge on any atom is -0.462 e. The molecule has 1 N–H and O–H groups in total. The highest BCUT2D eigenvalue weighted by Crippen LogP contribution is 2.37. The number of aromatic nitrogens is 2. The number of nitrogens with one attached hydrogen (secondary N) is 1. The molecule has 0 amide bonds. The standard InChI is InChI=1S/C21H31N5O5S2/c1-4-31-21(27)18-14(2)17-19(26-7-5-15(6-8-26)24-33(3,28)29)22-16(23-20(17)32-18)13-25-9-11-30-12-10-25/h15,24H,4-13H2,1-3H3. The van der Waals surface area contributed by atoms with Crippen molar-refractivity contribution in [3.05, 3.63) is 16.3 Å². The Hall–Kier alpha value is -1.86. The Morgan fingerprint density at radius 3 is 2.55 bits per heavy atom. The Morgan fingerprint density at radius 2 is 1.91 bits per heavy atom. The Labute approximate surface area is 198 Å². The summed E-state index contributed by atoms with van der Waals surface area (Å²) in [4.78, 5) is 28.1. The Balaban J connectivity index is 1.67. The van der Waals surface area contributed by atoms with E-state index in [2.05, 4.69) is 14.5 Å². The first kappa shape index (κ1) is 24.3. The van der Waals surface area contributed by atoms with E-state index >= 15 is 0 Å². The topological polar surface area (TPSA) is 114 Å². The van der Waals surface area contributed by atoms with E-state index in [0.29, 0.717) is 63.0 Å². The SMILES string of the molecule is CCOC(=O)c1sc2nc(CN3CCOCC3)nc(N3CCC(NS(C)(=O)=O)CC3)c2c1C. The molecule has 2 aromatic rings. The minimum absolute atomic E-state index is 0.0833. The van der Waals surface area contributed by atoms with Gasteiger partial charge in [0, 0.05) is 32.2 Å². The molecule has 0 saturated carbocycles. The smallest absolute Gasteiger partial charge is 0.348 e. The number of esters is 1. The van der Waals surface area contributed by atoms with Crippen molar-refractivity contribution in [2.24, 2.45) is 0 Å². The molecule has 0 radical (unpaired) electrons. The first-order chi connectivity index (χ1) is 15.7. The molecule has 2 aliphatic rings. The number of piperidine rings is 1. The summed E-state index contributed by atoms with van der Waals surface area (Å²) in [7, 11) is -3.24. The zero-order valence-electron chi connectivity index (χ0n) is 19.3. The van der Waals surface area contributed by atoms with E-state index in [9.17, 15) is 13.2 Å². The van der Waals surface area contributed by atoms with Crippen LogP contribution in [0.25, 0.3) is 10.2 Å². The maximum absolute atomic E-state index is 12.5. The number of hydrogen-bond acceptors (Lipinski definition) is 10. The highest BCUT2D eigenvalue weighted by atomic mass is 32.2. The van der Waals surface area contributed by atoms with Crippen LogP contribution < -0.4 is 9.62 Å². The average Bonchev–Trinajstić information content (AvgIpc) is 3.10. The summed E-state index contributed by atoms with van der Waals surface area (Å²) < 4.78 is 36.7. The van der Waals surface area contributed by atoms with Gasteiger partial charge < -0.3 is 14.4 Å². The van der Waals surface area contributed by atoms with Crippen LogP contribution in [0.15, 0.2) is 0 Å². The van der Waals surface area contributed by atoms with Crippen LogP contribution in [0.5, 0.6) is 0 Å². The maximum Gasteiger partial charge on any atom is 0.348 e. The monoisotopic (exact) mass is 497 g/mol. The average molecular weight is 498 g/mol. The highest BCUT2D eigenvalue weighted by molar-refractivity contribution is 7.88. The summed E-state index contributed by atoms with van der Waals surface area (Å²) >= 11 is 1.35. The van der Waals surface area contributed by atoms with E-state index in [-0.39, 0.29) is 12.0 Å². The lowest BCUT2D eigenvalue weighted by atomic mass is 10.1. The number of aryl methyl sites for hydroxylation is 1. The summed E-state index contributed by atoms with van der Waals surface area (Å²) in [5, 5.41) is 0.878. The number of ether oxygens (including phenoxy) is 2. The van der Waals surface area contributed by atoms with E-state index in [4.69, 9.17) is 19.4 Å². The van der Waals surface area contributed by atoms with Crippen LogP contribution in [0.1, 0.15) is 40.8 Å². The van der Waals surface area contributed by atoms with Crippen molar-refractivity contribution in [3.63, 3.8) is 0 Å². The molecule has 0 aromatic carbocycles. The Bertz CT molecular complexity index is 1110. The highest BCUT2D eigenvalue weighted by Gasteiger charge is 2.28. The molecule has 0 atom stereocenters. The number of fused-ring (bicyclic) bond motifs is 1. The zero-order chi connectivity index (χ0) is 23.6. The van der Waals surface area contributed by atoms with Crippen LogP contribution >= 0.6 is 11.3 Å². The summed E-state index contributed by atoms with van der Waals surface area (Å²) in [6.45, 7) is 9.02. The molecule has 2 aliphatic heterocycles. The normalized spacial score (nSPS) is 18.7. The molecule has 182 valence electrons. The lowest BCUT2D eigenvalue weighted by Crippen LogP contribution is -2.44. The number of nitrogens with zero attached hydrogens (tertiary/aromatic N) is 4. The maximum atomic E-state index is 12.5. The second kappa shape index (κ2) is 10.2. The predicted molar refractivity (Wildman–Crippen MR) is 127 cm³/mol. The Kier molecular flexibility index (Phi) is 7.49. The van der Waals surface area contributed by atoms with Crippen molar-refractivity contribution in [3.8, 4) is 0 Å². The molecular formula is C21H31N5O5S2. The van der Waals surface area contributed by atoms with Crippen molar-refractivity contribution in [2.45, 2.75) is 39.3 Å². The van der Waals surface area contributed by atoms with E-state index < -0.39 is 10.0 Å². The molecule has 2 saturated heterocycles. The van der Waals surface area contributed by atoms with Crippen molar-refractivity contribution >= 4 is 43.4 Å². The molecule has 0 spiro atoms. The van der Waals surface area contributed by atoms with Gasteiger partial charge in [-0.05, 0) is 32.3 Å². The minimum atomic E-state index is -3.24. The van der Waals surface area contributed by atoms with Gasteiger partial charge >= 0.3 is 5.97 Å².